The van der Waals surface area contributed by atoms with Gasteiger partial charge in [-0.2, -0.15) is 0 Å². The lowest BCUT2D eigenvalue weighted by atomic mass is 9.96. The zero-order chi connectivity index (χ0) is 14.6. The van der Waals surface area contributed by atoms with Crippen LogP contribution in [-0.2, 0) is 9.59 Å². The fourth-order valence-corrected chi connectivity index (χ4v) is 1.16. The van der Waals surface area contributed by atoms with Crippen molar-refractivity contribution in [1.82, 2.24) is 10.2 Å². The van der Waals surface area contributed by atoms with Crippen LogP contribution in [-0.4, -0.2) is 47.6 Å². The SMILES string of the molecule is CN(C(=O)CCNC(=O)C(C)(C)C)C(C)(C)CO. The third kappa shape index (κ3) is 5.04. The van der Waals surface area contributed by atoms with Crippen molar-refractivity contribution in [2.24, 2.45) is 5.41 Å². The minimum atomic E-state index is -0.578. The van der Waals surface area contributed by atoms with E-state index in [0.717, 1.165) is 0 Å². The zero-order valence-corrected chi connectivity index (χ0v) is 12.3. The maximum Gasteiger partial charge on any atom is 0.225 e. The second-order valence-corrected chi connectivity index (χ2v) is 6.18. The second-order valence-electron chi connectivity index (χ2n) is 6.18. The summed E-state index contributed by atoms with van der Waals surface area (Å²) in [5.41, 5.74) is -1.02. The van der Waals surface area contributed by atoms with Crippen LogP contribution in [0.25, 0.3) is 0 Å². The van der Waals surface area contributed by atoms with Crippen LogP contribution in [0.5, 0.6) is 0 Å². The summed E-state index contributed by atoms with van der Waals surface area (Å²) < 4.78 is 0. The average Bonchev–Trinajstić information content (AvgIpc) is 2.26. The molecule has 0 radical (unpaired) electrons. The van der Waals surface area contributed by atoms with Gasteiger partial charge < -0.3 is 15.3 Å². The number of hydrogen-bond donors (Lipinski definition) is 2. The molecule has 0 aliphatic carbocycles. The smallest absolute Gasteiger partial charge is 0.225 e. The van der Waals surface area contributed by atoms with Gasteiger partial charge in [0.2, 0.25) is 11.8 Å². The van der Waals surface area contributed by atoms with Crippen LogP contribution in [0.4, 0.5) is 0 Å². The minimum Gasteiger partial charge on any atom is -0.394 e. The molecule has 0 aromatic carbocycles. The first-order chi connectivity index (χ1) is 8.02. The highest BCUT2D eigenvalue weighted by molar-refractivity contribution is 5.82. The van der Waals surface area contributed by atoms with Gasteiger partial charge in [-0.1, -0.05) is 20.8 Å². The van der Waals surface area contributed by atoms with Crippen molar-refractivity contribution in [1.29, 1.82) is 0 Å². The monoisotopic (exact) mass is 258 g/mol. The molecule has 0 heterocycles. The van der Waals surface area contributed by atoms with Crippen molar-refractivity contribution in [2.75, 3.05) is 20.2 Å². The molecule has 0 aromatic heterocycles. The lowest BCUT2D eigenvalue weighted by Gasteiger charge is -2.34. The van der Waals surface area contributed by atoms with Gasteiger partial charge in [-0.25, -0.2) is 0 Å². The number of aliphatic hydroxyl groups is 1. The van der Waals surface area contributed by atoms with Gasteiger partial charge in [-0.15, -0.1) is 0 Å². The van der Waals surface area contributed by atoms with Gasteiger partial charge >= 0.3 is 0 Å². The van der Waals surface area contributed by atoms with E-state index in [4.69, 9.17) is 0 Å². The maximum atomic E-state index is 11.8. The largest absolute Gasteiger partial charge is 0.394 e. The molecule has 0 atom stereocenters. The van der Waals surface area contributed by atoms with Crippen LogP contribution in [0.1, 0.15) is 41.0 Å². The van der Waals surface area contributed by atoms with Gasteiger partial charge in [-0.3, -0.25) is 9.59 Å². The first kappa shape index (κ1) is 16.9. The number of likely N-dealkylation sites (N-methyl/N-ethyl adjacent to an activating group) is 1. The molecule has 0 unspecified atom stereocenters. The molecule has 2 N–H and O–H groups in total. The Balaban J connectivity index is 4.17. The molecule has 0 saturated heterocycles. The molecule has 0 aromatic rings. The highest BCUT2D eigenvalue weighted by Gasteiger charge is 2.27. The van der Waals surface area contributed by atoms with E-state index in [1.165, 1.54) is 4.90 Å². The first-order valence-corrected chi connectivity index (χ1v) is 6.18. The fraction of sp³-hybridized carbons (Fsp3) is 0.846. The van der Waals surface area contributed by atoms with Crippen molar-refractivity contribution in [3.63, 3.8) is 0 Å². The summed E-state index contributed by atoms with van der Waals surface area (Å²) in [4.78, 5) is 24.9. The summed E-state index contributed by atoms with van der Waals surface area (Å²) in [6, 6.07) is 0. The van der Waals surface area contributed by atoms with Crippen LogP contribution < -0.4 is 5.32 Å². The number of nitrogens with one attached hydrogen (secondary N) is 1. The summed E-state index contributed by atoms with van der Waals surface area (Å²) >= 11 is 0. The highest BCUT2D eigenvalue weighted by atomic mass is 16.3. The van der Waals surface area contributed by atoms with Crippen LogP contribution in [0.3, 0.4) is 0 Å². The normalized spacial score (nSPS) is 12.2. The van der Waals surface area contributed by atoms with Crippen molar-refractivity contribution in [3.05, 3.63) is 0 Å². The summed E-state index contributed by atoms with van der Waals surface area (Å²) in [6.45, 7) is 9.28. The standard InChI is InChI=1S/C13H26N2O3/c1-12(2,3)11(18)14-8-7-10(17)15(6)13(4,5)9-16/h16H,7-9H2,1-6H3,(H,14,18). The summed E-state index contributed by atoms with van der Waals surface area (Å²) in [5, 5.41) is 11.9. The van der Waals surface area contributed by atoms with Gasteiger partial charge in [-0.05, 0) is 13.8 Å². The Labute approximate surface area is 110 Å². The van der Waals surface area contributed by atoms with Crippen LogP contribution >= 0.6 is 0 Å². The quantitative estimate of drug-likeness (QED) is 0.765. The van der Waals surface area contributed by atoms with E-state index in [1.807, 2.05) is 20.8 Å². The third-order valence-corrected chi connectivity index (χ3v) is 2.97. The number of amides is 2. The van der Waals surface area contributed by atoms with Crippen molar-refractivity contribution >= 4 is 11.8 Å². The molecule has 0 saturated carbocycles. The predicted molar refractivity (Wildman–Crippen MR) is 71.0 cm³/mol. The van der Waals surface area contributed by atoms with Gasteiger partial charge in [0.15, 0.2) is 0 Å². The Morgan fingerprint density at radius 1 is 1.17 bits per heavy atom. The lowest BCUT2D eigenvalue weighted by molar-refractivity contribution is -0.136. The maximum absolute atomic E-state index is 11.8. The molecule has 0 aliphatic rings. The third-order valence-electron chi connectivity index (χ3n) is 2.97. The molecule has 0 aliphatic heterocycles. The van der Waals surface area contributed by atoms with E-state index >= 15 is 0 Å². The van der Waals surface area contributed by atoms with Crippen molar-refractivity contribution in [3.8, 4) is 0 Å². The molecular formula is C13H26N2O3. The number of rotatable bonds is 5. The van der Waals surface area contributed by atoms with Gasteiger partial charge in [0.05, 0.1) is 12.1 Å². The van der Waals surface area contributed by atoms with E-state index in [0.29, 0.717) is 6.54 Å². The second kappa shape index (κ2) is 6.18. The van der Waals surface area contributed by atoms with E-state index < -0.39 is 11.0 Å². The molecule has 5 nitrogen and oxygen atoms in total. The topological polar surface area (TPSA) is 69.6 Å². The minimum absolute atomic E-state index is 0.0700. The Bertz CT molecular complexity index is 306. The van der Waals surface area contributed by atoms with Gasteiger partial charge in [0, 0.05) is 25.4 Å². The number of nitrogens with zero attached hydrogens (tertiary/aromatic N) is 1. The number of hydrogen-bond acceptors (Lipinski definition) is 3. The Morgan fingerprint density at radius 3 is 2.06 bits per heavy atom. The van der Waals surface area contributed by atoms with E-state index in [-0.39, 0.29) is 24.8 Å². The molecule has 0 rings (SSSR count). The summed E-state index contributed by atoms with van der Waals surface area (Å²) in [5.74, 6) is -0.164. The van der Waals surface area contributed by atoms with Crippen molar-refractivity contribution in [2.45, 2.75) is 46.6 Å². The molecule has 106 valence electrons. The molecule has 18 heavy (non-hydrogen) atoms. The number of carbonyl (C=O) groups is 2. The molecule has 2 amide bonds. The lowest BCUT2D eigenvalue weighted by Crippen LogP contribution is -2.48. The van der Waals surface area contributed by atoms with Gasteiger partial charge in [0.1, 0.15) is 0 Å². The Hall–Kier alpha value is -1.10. The van der Waals surface area contributed by atoms with Crippen LogP contribution in [0.15, 0.2) is 0 Å². The van der Waals surface area contributed by atoms with Crippen molar-refractivity contribution < 1.29 is 14.7 Å². The first-order valence-electron chi connectivity index (χ1n) is 6.18. The number of aliphatic hydroxyl groups excluding tert-OH is 1. The predicted octanol–water partition coefficient (Wildman–Crippen LogP) is 0.768. The molecule has 0 bridgehead atoms. The van der Waals surface area contributed by atoms with Gasteiger partial charge in [0.25, 0.3) is 0 Å². The molecule has 0 fully saturated rings. The Morgan fingerprint density at radius 2 is 1.67 bits per heavy atom. The van der Waals surface area contributed by atoms with E-state index in [9.17, 15) is 14.7 Å². The molecule has 5 heteroatoms. The summed E-state index contributed by atoms with van der Waals surface area (Å²) in [7, 11) is 1.66. The Kier molecular flexibility index (Phi) is 5.80. The van der Waals surface area contributed by atoms with Crippen LogP contribution in [0.2, 0.25) is 0 Å². The van der Waals surface area contributed by atoms with E-state index in [1.54, 1.807) is 20.9 Å². The molecular weight excluding hydrogens is 232 g/mol. The van der Waals surface area contributed by atoms with Crippen LogP contribution in [0, 0.1) is 5.41 Å². The average molecular weight is 258 g/mol. The fourth-order valence-electron chi connectivity index (χ4n) is 1.16. The highest BCUT2D eigenvalue weighted by Crippen LogP contribution is 2.13. The molecule has 0 spiro atoms. The van der Waals surface area contributed by atoms with E-state index in [2.05, 4.69) is 5.32 Å². The summed E-state index contributed by atoms with van der Waals surface area (Å²) in [6.07, 6.45) is 0.238. The zero-order valence-electron chi connectivity index (χ0n) is 12.3. The number of carbonyl (C=O) groups excluding carboxylic acids is 2.